The number of H-pyrrole nitrogens is 1. The number of nitrogens with one attached hydrogen (secondary N) is 3. The van der Waals surface area contributed by atoms with Gasteiger partial charge >= 0.3 is 6.03 Å². The van der Waals surface area contributed by atoms with Gasteiger partial charge in [0.25, 0.3) is 0 Å². The summed E-state index contributed by atoms with van der Waals surface area (Å²) in [5.74, 6) is 1.25. The summed E-state index contributed by atoms with van der Waals surface area (Å²) in [6.07, 6.45) is 2.01. The molecule has 6 heteroatoms. The van der Waals surface area contributed by atoms with E-state index in [4.69, 9.17) is 9.47 Å². The van der Waals surface area contributed by atoms with Crippen molar-refractivity contribution in [3.8, 4) is 11.5 Å². The van der Waals surface area contributed by atoms with Gasteiger partial charge in [0.2, 0.25) is 0 Å². The maximum atomic E-state index is 12.6. The maximum Gasteiger partial charge on any atom is 0.315 e. The Morgan fingerprint density at radius 2 is 1.70 bits per heavy atom. The Bertz CT molecular complexity index is 1230. The molecule has 2 amide bonds. The highest BCUT2D eigenvalue weighted by atomic mass is 16.5. The van der Waals surface area contributed by atoms with Gasteiger partial charge in [0, 0.05) is 36.1 Å². The van der Waals surface area contributed by atoms with E-state index >= 15 is 0 Å². The van der Waals surface area contributed by atoms with Crippen molar-refractivity contribution in [3.63, 3.8) is 0 Å². The first kappa shape index (κ1) is 22.3. The number of ether oxygens (including phenoxy) is 2. The Kier molecular flexibility index (Phi) is 6.83. The van der Waals surface area contributed by atoms with Gasteiger partial charge in [-0.2, -0.15) is 0 Å². The molecular formula is C27H29N3O3. The van der Waals surface area contributed by atoms with Gasteiger partial charge in [-0.05, 0) is 41.8 Å². The second-order valence-corrected chi connectivity index (χ2v) is 8.01. The number of amides is 2. The zero-order valence-corrected chi connectivity index (χ0v) is 19.1. The summed E-state index contributed by atoms with van der Waals surface area (Å²) >= 11 is 0. The third kappa shape index (κ3) is 5.12. The van der Waals surface area contributed by atoms with Gasteiger partial charge in [0.1, 0.15) is 0 Å². The van der Waals surface area contributed by atoms with E-state index < -0.39 is 0 Å². The summed E-state index contributed by atoms with van der Waals surface area (Å²) < 4.78 is 10.9. The van der Waals surface area contributed by atoms with E-state index in [0.29, 0.717) is 24.6 Å². The molecule has 0 spiro atoms. The molecule has 3 N–H and O–H groups in total. The van der Waals surface area contributed by atoms with E-state index in [2.05, 4.69) is 21.7 Å². The number of carbonyl (C=O) groups is 1. The van der Waals surface area contributed by atoms with Crippen molar-refractivity contribution in [1.82, 2.24) is 15.6 Å². The first-order valence-corrected chi connectivity index (χ1v) is 10.9. The number of aromatic amines is 1. The number of benzene rings is 3. The fraction of sp³-hybridized carbons (Fsp3) is 0.222. The van der Waals surface area contributed by atoms with Crippen LogP contribution in [-0.2, 0) is 6.54 Å². The molecule has 0 saturated heterocycles. The van der Waals surface area contributed by atoms with Gasteiger partial charge in [-0.15, -0.1) is 0 Å². The van der Waals surface area contributed by atoms with Crippen LogP contribution in [0, 0.1) is 6.92 Å². The third-order valence-electron chi connectivity index (χ3n) is 5.85. The predicted molar refractivity (Wildman–Crippen MR) is 131 cm³/mol. The summed E-state index contributed by atoms with van der Waals surface area (Å²) in [7, 11) is 3.24. The highest BCUT2D eigenvalue weighted by Gasteiger charge is 2.21. The van der Waals surface area contributed by atoms with Crippen molar-refractivity contribution in [3.05, 3.63) is 95.2 Å². The van der Waals surface area contributed by atoms with Crippen LogP contribution in [0.1, 0.15) is 28.2 Å². The number of carbonyl (C=O) groups excluding carboxylic acids is 1. The normalized spacial score (nSPS) is 11.7. The number of urea groups is 1. The fourth-order valence-electron chi connectivity index (χ4n) is 4.00. The average molecular weight is 444 g/mol. The first-order valence-electron chi connectivity index (χ1n) is 10.9. The summed E-state index contributed by atoms with van der Waals surface area (Å²) in [4.78, 5) is 15.9. The van der Waals surface area contributed by atoms with E-state index in [0.717, 1.165) is 27.6 Å². The molecule has 33 heavy (non-hydrogen) atoms. The lowest BCUT2D eigenvalue weighted by atomic mass is 9.90. The first-order chi connectivity index (χ1) is 16.1. The standard InChI is InChI=1S/C27H29N3O3/c1-18-8-10-19(11-9-18)15-29-27(31)30-16-22(20-12-13-25(32-2)26(14-20)33-3)23-17-28-24-7-5-4-6-21(23)24/h4-14,17,22,28H,15-16H2,1-3H3,(H2,29,30,31)/t22-/m0/s1. The number of hydrogen-bond donors (Lipinski definition) is 3. The molecular weight excluding hydrogens is 414 g/mol. The van der Waals surface area contributed by atoms with E-state index in [1.54, 1.807) is 14.2 Å². The van der Waals surface area contributed by atoms with Crippen LogP contribution in [0.3, 0.4) is 0 Å². The molecule has 1 atom stereocenters. The van der Waals surface area contributed by atoms with E-state index in [1.165, 1.54) is 5.56 Å². The molecule has 0 radical (unpaired) electrons. The zero-order chi connectivity index (χ0) is 23.2. The van der Waals surface area contributed by atoms with E-state index in [9.17, 15) is 4.79 Å². The molecule has 1 aromatic heterocycles. The molecule has 0 aliphatic heterocycles. The zero-order valence-electron chi connectivity index (χ0n) is 19.1. The number of methoxy groups -OCH3 is 2. The van der Waals surface area contributed by atoms with Gasteiger partial charge in [-0.1, -0.05) is 54.1 Å². The lowest BCUT2D eigenvalue weighted by Crippen LogP contribution is -2.37. The lowest BCUT2D eigenvalue weighted by Gasteiger charge is -2.20. The van der Waals surface area contributed by atoms with Crippen molar-refractivity contribution in [2.75, 3.05) is 20.8 Å². The molecule has 0 fully saturated rings. The lowest BCUT2D eigenvalue weighted by molar-refractivity contribution is 0.240. The minimum absolute atomic E-state index is 0.0777. The predicted octanol–water partition coefficient (Wildman–Crippen LogP) is 5.12. The van der Waals surface area contributed by atoms with Crippen molar-refractivity contribution in [2.24, 2.45) is 0 Å². The second kappa shape index (κ2) is 10.1. The topological polar surface area (TPSA) is 75.4 Å². The van der Waals surface area contributed by atoms with Crippen molar-refractivity contribution in [2.45, 2.75) is 19.4 Å². The number of fused-ring (bicyclic) bond motifs is 1. The molecule has 3 aromatic carbocycles. The van der Waals surface area contributed by atoms with Crippen LogP contribution in [0.25, 0.3) is 10.9 Å². The molecule has 0 bridgehead atoms. The van der Waals surface area contributed by atoms with Crippen LogP contribution in [0.5, 0.6) is 11.5 Å². The van der Waals surface area contributed by atoms with E-state index in [1.807, 2.05) is 73.8 Å². The number of aromatic nitrogens is 1. The number of para-hydroxylation sites is 1. The maximum absolute atomic E-state index is 12.6. The largest absolute Gasteiger partial charge is 0.493 e. The van der Waals surface area contributed by atoms with E-state index in [-0.39, 0.29) is 11.9 Å². The van der Waals surface area contributed by atoms with Crippen LogP contribution in [0.15, 0.2) is 72.9 Å². The van der Waals surface area contributed by atoms with Crippen LogP contribution in [-0.4, -0.2) is 31.8 Å². The van der Waals surface area contributed by atoms with Crippen LogP contribution < -0.4 is 20.1 Å². The van der Waals surface area contributed by atoms with Gasteiger partial charge < -0.3 is 25.1 Å². The summed E-state index contributed by atoms with van der Waals surface area (Å²) in [5, 5.41) is 7.12. The highest BCUT2D eigenvalue weighted by molar-refractivity contribution is 5.84. The third-order valence-corrected chi connectivity index (χ3v) is 5.85. The molecule has 0 unspecified atom stereocenters. The Labute approximate surface area is 193 Å². The summed E-state index contributed by atoms with van der Waals surface area (Å²) in [6, 6.07) is 22.0. The minimum Gasteiger partial charge on any atom is -0.493 e. The SMILES string of the molecule is COc1ccc([C@H](CNC(=O)NCc2ccc(C)cc2)c2c[nH]c3ccccc23)cc1OC. The van der Waals surface area contributed by atoms with Crippen molar-refractivity contribution in [1.29, 1.82) is 0 Å². The van der Waals surface area contributed by atoms with Crippen LogP contribution in [0.2, 0.25) is 0 Å². The quantitative estimate of drug-likeness (QED) is 0.354. The van der Waals surface area contributed by atoms with Gasteiger partial charge in [-0.3, -0.25) is 0 Å². The molecule has 0 aliphatic carbocycles. The van der Waals surface area contributed by atoms with Gasteiger partial charge in [0.05, 0.1) is 14.2 Å². The molecule has 170 valence electrons. The smallest absolute Gasteiger partial charge is 0.315 e. The molecule has 4 rings (SSSR count). The Morgan fingerprint density at radius 3 is 2.45 bits per heavy atom. The second-order valence-electron chi connectivity index (χ2n) is 8.01. The summed E-state index contributed by atoms with van der Waals surface area (Å²) in [6.45, 7) is 2.94. The molecule has 0 aliphatic rings. The van der Waals surface area contributed by atoms with Crippen LogP contribution >= 0.6 is 0 Å². The molecule has 6 nitrogen and oxygen atoms in total. The highest BCUT2D eigenvalue weighted by Crippen LogP contribution is 2.35. The van der Waals surface area contributed by atoms with Crippen LogP contribution in [0.4, 0.5) is 4.79 Å². The fourth-order valence-corrected chi connectivity index (χ4v) is 4.00. The monoisotopic (exact) mass is 443 g/mol. The Balaban J connectivity index is 1.55. The number of hydrogen-bond acceptors (Lipinski definition) is 3. The minimum atomic E-state index is -0.208. The van der Waals surface area contributed by atoms with Gasteiger partial charge in [0.15, 0.2) is 11.5 Å². The molecule has 0 saturated carbocycles. The number of rotatable bonds is 8. The van der Waals surface area contributed by atoms with Crippen molar-refractivity contribution >= 4 is 16.9 Å². The Morgan fingerprint density at radius 1 is 0.939 bits per heavy atom. The number of aryl methyl sites for hydroxylation is 1. The Hall–Kier alpha value is -3.93. The molecule has 1 heterocycles. The van der Waals surface area contributed by atoms with Crippen molar-refractivity contribution < 1.29 is 14.3 Å². The summed E-state index contributed by atoms with van der Waals surface area (Å²) in [5.41, 5.74) is 5.44. The molecule has 4 aromatic rings. The average Bonchev–Trinajstić information content (AvgIpc) is 3.27. The van der Waals surface area contributed by atoms with Gasteiger partial charge in [-0.25, -0.2) is 4.79 Å².